The predicted molar refractivity (Wildman–Crippen MR) is 108 cm³/mol. The number of carbonyl (C=O) groups is 3. The Morgan fingerprint density at radius 3 is 2.28 bits per heavy atom. The Hall–Kier alpha value is -2.77. The molecule has 0 radical (unpaired) electrons. The van der Waals surface area contributed by atoms with Crippen LogP contribution < -0.4 is 10.6 Å². The lowest BCUT2D eigenvalue weighted by molar-refractivity contribution is -0.126. The van der Waals surface area contributed by atoms with Gasteiger partial charge in [0.1, 0.15) is 12.2 Å². The highest BCUT2D eigenvalue weighted by Gasteiger charge is 2.28. The molecule has 2 rings (SSSR count). The normalized spacial score (nSPS) is 14.8. The van der Waals surface area contributed by atoms with Gasteiger partial charge in [-0.05, 0) is 39.2 Å². The lowest BCUT2D eigenvalue weighted by atomic mass is 9.96. The molecule has 29 heavy (non-hydrogen) atoms. The molecule has 3 amide bonds. The minimum atomic E-state index is -0.552. The smallest absolute Gasteiger partial charge is 0.410 e. The summed E-state index contributed by atoms with van der Waals surface area (Å²) in [4.78, 5) is 37.6. The van der Waals surface area contributed by atoms with Crippen molar-refractivity contribution < 1.29 is 23.9 Å². The summed E-state index contributed by atoms with van der Waals surface area (Å²) in [5.41, 5.74) is 0.388. The first-order valence-electron chi connectivity index (χ1n) is 9.95. The zero-order valence-electron chi connectivity index (χ0n) is 17.4. The van der Waals surface area contributed by atoms with Gasteiger partial charge in [-0.25, -0.2) is 9.59 Å². The van der Waals surface area contributed by atoms with Crippen LogP contribution in [0.5, 0.6) is 0 Å². The first-order chi connectivity index (χ1) is 13.7. The molecule has 0 atom stereocenters. The summed E-state index contributed by atoms with van der Waals surface area (Å²) in [6, 6.07) is 9.52. The van der Waals surface area contributed by atoms with E-state index < -0.39 is 11.7 Å². The molecule has 1 aliphatic rings. The van der Waals surface area contributed by atoms with Crippen LogP contribution in [-0.4, -0.2) is 54.8 Å². The molecule has 1 aromatic carbocycles. The van der Waals surface area contributed by atoms with Gasteiger partial charge in [0.25, 0.3) is 0 Å². The second-order valence-corrected chi connectivity index (χ2v) is 8.02. The molecule has 1 fully saturated rings. The van der Waals surface area contributed by atoms with E-state index in [2.05, 4.69) is 10.6 Å². The van der Waals surface area contributed by atoms with Crippen molar-refractivity contribution >= 4 is 18.1 Å². The van der Waals surface area contributed by atoms with E-state index in [1.54, 1.807) is 25.7 Å². The molecule has 0 aromatic heterocycles. The molecule has 0 bridgehead atoms. The fraction of sp³-hybridized carbons (Fsp3) is 0.571. The maximum absolute atomic E-state index is 12.3. The van der Waals surface area contributed by atoms with Crippen LogP contribution in [0.15, 0.2) is 30.3 Å². The maximum atomic E-state index is 12.3. The molecule has 1 saturated heterocycles. The average molecular weight is 405 g/mol. The largest absolute Gasteiger partial charge is 0.445 e. The molecule has 1 heterocycles. The van der Waals surface area contributed by atoms with Crippen LogP contribution in [0.1, 0.15) is 39.2 Å². The molecule has 8 heteroatoms. The van der Waals surface area contributed by atoms with E-state index in [1.165, 1.54) is 0 Å². The van der Waals surface area contributed by atoms with Gasteiger partial charge in [-0.3, -0.25) is 4.79 Å². The van der Waals surface area contributed by atoms with E-state index in [1.807, 2.05) is 30.3 Å². The van der Waals surface area contributed by atoms with E-state index in [-0.39, 0.29) is 24.5 Å². The first-order valence-corrected chi connectivity index (χ1v) is 9.95. The minimum Gasteiger partial charge on any atom is -0.445 e. The van der Waals surface area contributed by atoms with Gasteiger partial charge in [-0.15, -0.1) is 0 Å². The van der Waals surface area contributed by atoms with E-state index in [0.717, 1.165) is 5.56 Å². The number of nitrogens with zero attached hydrogens (tertiary/aromatic N) is 1. The fourth-order valence-corrected chi connectivity index (χ4v) is 2.94. The van der Waals surface area contributed by atoms with Gasteiger partial charge in [0, 0.05) is 32.1 Å². The van der Waals surface area contributed by atoms with E-state index in [4.69, 9.17) is 9.47 Å². The van der Waals surface area contributed by atoms with Crippen molar-refractivity contribution in [2.45, 2.75) is 45.8 Å². The minimum absolute atomic E-state index is 0.0618. The molecule has 0 aliphatic carbocycles. The van der Waals surface area contributed by atoms with Crippen LogP contribution in [-0.2, 0) is 20.9 Å². The number of amides is 3. The predicted octanol–water partition coefficient (Wildman–Crippen LogP) is 2.68. The number of carbonyl (C=O) groups excluding carboxylic acids is 3. The van der Waals surface area contributed by atoms with Gasteiger partial charge in [-0.1, -0.05) is 30.3 Å². The Balaban J connectivity index is 1.61. The summed E-state index contributed by atoms with van der Waals surface area (Å²) in [6.45, 7) is 7.21. The van der Waals surface area contributed by atoms with Crippen LogP contribution in [0, 0.1) is 5.92 Å². The summed E-state index contributed by atoms with van der Waals surface area (Å²) < 4.78 is 10.5. The molecule has 8 nitrogen and oxygen atoms in total. The standard InChI is InChI=1S/C21H31N3O5/c1-21(2,3)29-19(26)23-12-11-22-18(25)17-9-13-24(14-10-17)20(27)28-15-16-7-5-4-6-8-16/h4-8,17H,9-15H2,1-3H3,(H,22,25)(H,23,26). The SMILES string of the molecule is CC(C)(C)OC(=O)NCCNC(=O)C1CCN(C(=O)OCc2ccccc2)CC1. The Morgan fingerprint density at radius 2 is 1.66 bits per heavy atom. The summed E-state index contributed by atoms with van der Waals surface area (Å²) in [5.74, 6) is -0.206. The third-order valence-corrected chi connectivity index (χ3v) is 4.42. The number of nitrogens with one attached hydrogen (secondary N) is 2. The molecule has 2 N–H and O–H groups in total. The Labute approximate surface area is 171 Å². The van der Waals surface area contributed by atoms with Crippen LogP contribution >= 0.6 is 0 Å². The fourth-order valence-electron chi connectivity index (χ4n) is 2.94. The monoisotopic (exact) mass is 405 g/mol. The van der Waals surface area contributed by atoms with Crippen LogP contribution in [0.2, 0.25) is 0 Å². The topological polar surface area (TPSA) is 97.0 Å². The van der Waals surface area contributed by atoms with E-state index in [9.17, 15) is 14.4 Å². The maximum Gasteiger partial charge on any atom is 0.410 e. The molecule has 1 aliphatic heterocycles. The zero-order valence-corrected chi connectivity index (χ0v) is 17.4. The number of hydrogen-bond donors (Lipinski definition) is 2. The Bertz CT molecular complexity index is 679. The summed E-state index contributed by atoms with van der Waals surface area (Å²) in [5, 5.41) is 5.42. The highest BCUT2D eigenvalue weighted by atomic mass is 16.6. The van der Waals surface area contributed by atoms with Gasteiger partial charge in [0.15, 0.2) is 0 Å². The van der Waals surface area contributed by atoms with Crippen molar-refractivity contribution in [1.29, 1.82) is 0 Å². The van der Waals surface area contributed by atoms with E-state index in [0.29, 0.717) is 39.0 Å². The first kappa shape index (κ1) is 22.5. The van der Waals surface area contributed by atoms with Gasteiger partial charge < -0.3 is 25.0 Å². The number of rotatable bonds is 6. The zero-order chi connectivity index (χ0) is 21.3. The van der Waals surface area contributed by atoms with Gasteiger partial charge in [0.05, 0.1) is 0 Å². The average Bonchev–Trinajstić information content (AvgIpc) is 2.69. The summed E-state index contributed by atoms with van der Waals surface area (Å²) in [6.07, 6.45) is 0.320. The lowest BCUT2D eigenvalue weighted by Gasteiger charge is -2.30. The van der Waals surface area contributed by atoms with Crippen molar-refractivity contribution in [2.24, 2.45) is 5.92 Å². The van der Waals surface area contributed by atoms with Crippen LogP contribution in [0.3, 0.4) is 0 Å². The molecule has 0 unspecified atom stereocenters. The third kappa shape index (κ3) is 8.41. The van der Waals surface area contributed by atoms with Gasteiger partial charge in [0.2, 0.25) is 5.91 Å². The quantitative estimate of drug-likeness (QED) is 0.709. The third-order valence-electron chi connectivity index (χ3n) is 4.42. The molecular weight excluding hydrogens is 374 g/mol. The molecule has 1 aromatic rings. The van der Waals surface area contributed by atoms with Crippen molar-refractivity contribution in [3.8, 4) is 0 Å². The van der Waals surface area contributed by atoms with Crippen LogP contribution in [0.4, 0.5) is 9.59 Å². The van der Waals surface area contributed by atoms with E-state index >= 15 is 0 Å². The highest BCUT2D eigenvalue weighted by molar-refractivity contribution is 5.79. The second-order valence-electron chi connectivity index (χ2n) is 8.02. The lowest BCUT2D eigenvalue weighted by Crippen LogP contribution is -2.44. The second kappa shape index (κ2) is 10.7. The summed E-state index contributed by atoms with van der Waals surface area (Å²) in [7, 11) is 0. The molecule has 0 spiro atoms. The van der Waals surface area contributed by atoms with Crippen molar-refractivity contribution in [1.82, 2.24) is 15.5 Å². The molecular formula is C21H31N3O5. The Kier molecular flexibility index (Phi) is 8.30. The Morgan fingerprint density at radius 1 is 1.03 bits per heavy atom. The van der Waals surface area contributed by atoms with Crippen molar-refractivity contribution in [3.63, 3.8) is 0 Å². The number of ether oxygens (including phenoxy) is 2. The number of alkyl carbamates (subject to hydrolysis) is 1. The molecule has 160 valence electrons. The van der Waals surface area contributed by atoms with Crippen molar-refractivity contribution in [2.75, 3.05) is 26.2 Å². The van der Waals surface area contributed by atoms with Gasteiger partial charge >= 0.3 is 12.2 Å². The number of benzene rings is 1. The number of piperidine rings is 1. The van der Waals surface area contributed by atoms with Crippen molar-refractivity contribution in [3.05, 3.63) is 35.9 Å². The van der Waals surface area contributed by atoms with Crippen LogP contribution in [0.25, 0.3) is 0 Å². The highest BCUT2D eigenvalue weighted by Crippen LogP contribution is 2.18. The number of hydrogen-bond acceptors (Lipinski definition) is 5. The van der Waals surface area contributed by atoms with Gasteiger partial charge in [-0.2, -0.15) is 0 Å². The summed E-state index contributed by atoms with van der Waals surface area (Å²) >= 11 is 0. The number of likely N-dealkylation sites (tertiary alicyclic amines) is 1. The molecule has 0 saturated carbocycles.